The Labute approximate surface area is 241 Å². The van der Waals surface area contributed by atoms with Gasteiger partial charge in [-0.3, -0.25) is 5.32 Å². The van der Waals surface area contributed by atoms with Crippen LogP contribution in [0.2, 0.25) is 0 Å². The standard InChI is InChI=1S/C36H48N4/c1-9-21-22(10-2)30-18-32-25(13-5)26(14-6)34(39-32)20-36-28(16-8)27(15-7)35(40-36)19-33-24(12-4)23(11-3)31(38-33)17-29(21)37-30/h17-22,37-38H,9-16H2,1-8H3/p+2/b29-17-,30-18-,34-20-,35-19?. The SMILES string of the molecule is CCC1=C(CC)C2=[NH+]C1=Cc1[nH]c(c(CC)c1CC)/C=C1\[NH2+]/C(=C\C3=NC(=C\2)/C(CC)=C3CC)C(CC)C1CC. The fourth-order valence-electron chi connectivity index (χ4n) is 7.77. The quantitative estimate of drug-likeness (QED) is 0.340. The molecule has 5 rings (SSSR count). The summed E-state index contributed by atoms with van der Waals surface area (Å²) < 4.78 is 0. The molecule has 4 aliphatic rings. The van der Waals surface area contributed by atoms with Crippen molar-refractivity contribution in [2.75, 3.05) is 0 Å². The number of allylic oxidation sites excluding steroid dienone is 8. The van der Waals surface area contributed by atoms with Gasteiger partial charge in [0.1, 0.15) is 11.4 Å². The number of aromatic nitrogens is 1. The van der Waals surface area contributed by atoms with Gasteiger partial charge in [0.2, 0.25) is 11.4 Å². The molecular weight excluding hydrogens is 488 g/mol. The smallest absolute Gasteiger partial charge is 0.209 e. The van der Waals surface area contributed by atoms with Crippen LogP contribution in [0.5, 0.6) is 0 Å². The molecule has 0 saturated carbocycles. The van der Waals surface area contributed by atoms with Gasteiger partial charge in [-0.1, -0.05) is 55.4 Å². The first-order valence-corrected chi connectivity index (χ1v) is 16.1. The minimum atomic E-state index is 0.534. The van der Waals surface area contributed by atoms with Crippen molar-refractivity contribution < 1.29 is 10.3 Å². The number of nitrogens with zero attached hydrogens (tertiary/aromatic N) is 1. The van der Waals surface area contributed by atoms with Crippen LogP contribution in [0.15, 0.2) is 62.2 Å². The van der Waals surface area contributed by atoms with Gasteiger partial charge < -0.3 is 4.98 Å². The van der Waals surface area contributed by atoms with Crippen LogP contribution in [-0.4, -0.2) is 16.4 Å². The van der Waals surface area contributed by atoms with Gasteiger partial charge in [-0.2, -0.15) is 0 Å². The van der Waals surface area contributed by atoms with Gasteiger partial charge in [-0.05, 0) is 73.6 Å². The van der Waals surface area contributed by atoms with Crippen molar-refractivity contribution >= 4 is 23.6 Å². The molecule has 2 unspecified atom stereocenters. The van der Waals surface area contributed by atoms with Crippen LogP contribution in [0.1, 0.15) is 116 Å². The molecule has 1 aromatic heterocycles. The summed E-state index contributed by atoms with van der Waals surface area (Å²) in [4.78, 5) is 13.1. The van der Waals surface area contributed by atoms with Crippen LogP contribution in [0.3, 0.4) is 0 Å². The summed E-state index contributed by atoms with van der Waals surface area (Å²) in [6.07, 6.45) is 18.0. The third kappa shape index (κ3) is 4.68. The highest BCUT2D eigenvalue weighted by Gasteiger charge is 2.39. The molecule has 4 heteroatoms. The second-order valence-corrected chi connectivity index (χ2v) is 11.5. The Kier molecular flexibility index (Phi) is 8.47. The van der Waals surface area contributed by atoms with Crippen LogP contribution < -0.4 is 10.3 Å². The predicted molar refractivity (Wildman–Crippen MR) is 170 cm³/mol. The van der Waals surface area contributed by atoms with Crippen molar-refractivity contribution in [1.29, 1.82) is 0 Å². The first-order chi connectivity index (χ1) is 19.5. The van der Waals surface area contributed by atoms with Crippen LogP contribution >= 0.6 is 0 Å². The summed E-state index contributed by atoms with van der Waals surface area (Å²) in [6.45, 7) is 18.4. The number of hydrogen-bond donors (Lipinski definition) is 3. The first-order valence-electron chi connectivity index (χ1n) is 16.1. The van der Waals surface area contributed by atoms with Crippen molar-refractivity contribution in [3.05, 3.63) is 79.7 Å². The summed E-state index contributed by atoms with van der Waals surface area (Å²) in [5, 5.41) is 2.49. The second kappa shape index (κ2) is 11.9. The lowest BCUT2D eigenvalue weighted by Gasteiger charge is -2.12. The lowest BCUT2D eigenvalue weighted by Crippen LogP contribution is -2.77. The predicted octanol–water partition coefficient (Wildman–Crippen LogP) is 6.46. The minimum absolute atomic E-state index is 0.534. The normalized spacial score (nSPS) is 26.3. The lowest BCUT2D eigenvalue weighted by molar-refractivity contribution is -0.546. The van der Waals surface area contributed by atoms with E-state index in [9.17, 15) is 0 Å². The number of nitrogens with one attached hydrogen (secondary N) is 2. The number of nitrogens with two attached hydrogens (primary N) is 1. The molecule has 1 aromatic rings. The summed E-state index contributed by atoms with van der Waals surface area (Å²) in [7, 11) is 0. The van der Waals surface area contributed by atoms with E-state index in [1.54, 1.807) is 0 Å². The van der Waals surface area contributed by atoms with E-state index in [2.05, 4.69) is 95.0 Å². The molecular formula is C36H50N4+2. The summed E-state index contributed by atoms with van der Waals surface area (Å²) in [5.74, 6) is 1.07. The Morgan fingerprint density at radius 3 is 1.77 bits per heavy atom. The molecule has 40 heavy (non-hydrogen) atoms. The van der Waals surface area contributed by atoms with Crippen LogP contribution in [0.4, 0.5) is 0 Å². The Balaban J connectivity index is 1.84. The number of fused-ring (bicyclic) bond motifs is 6. The Morgan fingerprint density at radius 1 is 0.650 bits per heavy atom. The van der Waals surface area contributed by atoms with Gasteiger partial charge in [0, 0.05) is 58.7 Å². The highest BCUT2D eigenvalue weighted by atomic mass is 15.0. The molecule has 0 aliphatic carbocycles. The molecule has 4 nitrogen and oxygen atoms in total. The molecule has 0 amide bonds. The molecule has 0 radical (unpaired) electrons. The molecule has 5 heterocycles. The molecule has 2 atom stereocenters. The lowest BCUT2D eigenvalue weighted by atomic mass is 9.86. The average molecular weight is 539 g/mol. The molecule has 4 aliphatic heterocycles. The third-order valence-electron chi connectivity index (χ3n) is 9.65. The van der Waals surface area contributed by atoms with E-state index in [1.807, 2.05) is 0 Å². The van der Waals surface area contributed by atoms with E-state index in [0.717, 1.165) is 57.1 Å². The fraction of sp³-hybridized carbons (Fsp3) is 0.500. The van der Waals surface area contributed by atoms with Gasteiger partial charge in [-0.25, -0.2) is 9.98 Å². The maximum Gasteiger partial charge on any atom is 0.209 e. The first kappa shape index (κ1) is 28.5. The molecule has 212 valence electrons. The summed E-state index contributed by atoms with van der Waals surface area (Å²) >= 11 is 0. The van der Waals surface area contributed by atoms with Crippen LogP contribution in [0, 0.1) is 11.8 Å². The zero-order chi connectivity index (χ0) is 28.6. The van der Waals surface area contributed by atoms with Crippen molar-refractivity contribution in [1.82, 2.24) is 4.98 Å². The number of quaternary nitrogens is 1. The summed E-state index contributed by atoms with van der Waals surface area (Å²) in [6, 6.07) is 0. The monoisotopic (exact) mass is 538 g/mol. The molecule has 4 N–H and O–H groups in total. The van der Waals surface area contributed by atoms with Gasteiger partial charge in [-0.15, -0.1) is 0 Å². The number of H-pyrrole nitrogens is 1. The van der Waals surface area contributed by atoms with E-state index in [-0.39, 0.29) is 0 Å². The summed E-state index contributed by atoms with van der Waals surface area (Å²) in [5.41, 5.74) is 18.8. The van der Waals surface area contributed by atoms with E-state index in [1.165, 1.54) is 73.3 Å². The van der Waals surface area contributed by atoms with Gasteiger partial charge >= 0.3 is 0 Å². The van der Waals surface area contributed by atoms with E-state index < -0.39 is 0 Å². The molecule has 0 aromatic carbocycles. The van der Waals surface area contributed by atoms with Crippen molar-refractivity contribution in [2.45, 2.75) is 107 Å². The largest absolute Gasteiger partial charge is 0.355 e. The molecule has 1 fully saturated rings. The van der Waals surface area contributed by atoms with Crippen LogP contribution in [-0.2, 0) is 12.8 Å². The van der Waals surface area contributed by atoms with E-state index >= 15 is 0 Å². The third-order valence-corrected chi connectivity index (χ3v) is 9.65. The second-order valence-electron chi connectivity index (χ2n) is 11.5. The number of rotatable bonds is 8. The highest BCUT2D eigenvalue weighted by Crippen LogP contribution is 2.37. The zero-order valence-electron chi connectivity index (χ0n) is 26.1. The number of hydrogen-bond acceptors (Lipinski definition) is 1. The molecule has 8 bridgehead atoms. The van der Waals surface area contributed by atoms with Gasteiger partial charge in [0.15, 0.2) is 0 Å². The maximum atomic E-state index is 5.34. The molecule has 0 spiro atoms. The molecule has 1 saturated heterocycles. The fourth-order valence-corrected chi connectivity index (χ4v) is 7.77. The Hall–Kier alpha value is -2.98. The minimum Gasteiger partial charge on any atom is -0.355 e. The van der Waals surface area contributed by atoms with Gasteiger partial charge in [0.05, 0.1) is 11.4 Å². The number of aromatic amines is 1. The van der Waals surface area contributed by atoms with E-state index in [4.69, 9.17) is 4.99 Å². The van der Waals surface area contributed by atoms with Crippen molar-refractivity contribution in [2.24, 2.45) is 16.8 Å². The zero-order valence-corrected chi connectivity index (χ0v) is 26.1. The number of aliphatic imine (C=N–C) groups is 1. The Morgan fingerprint density at radius 2 is 1.23 bits per heavy atom. The highest BCUT2D eigenvalue weighted by molar-refractivity contribution is 6.14. The van der Waals surface area contributed by atoms with Crippen LogP contribution in [0.25, 0.3) is 12.2 Å². The van der Waals surface area contributed by atoms with Crippen molar-refractivity contribution in [3.63, 3.8) is 0 Å². The topological polar surface area (TPSA) is 58.7 Å². The van der Waals surface area contributed by atoms with E-state index in [0.29, 0.717) is 11.8 Å². The average Bonchev–Trinajstić information content (AvgIpc) is 3.67. The van der Waals surface area contributed by atoms with Gasteiger partial charge in [0.25, 0.3) is 0 Å². The maximum absolute atomic E-state index is 5.34. The Bertz CT molecular complexity index is 1440. The van der Waals surface area contributed by atoms with Crippen molar-refractivity contribution in [3.8, 4) is 0 Å².